The summed E-state index contributed by atoms with van der Waals surface area (Å²) >= 11 is -1.97. The van der Waals surface area contributed by atoms with Crippen molar-refractivity contribution in [2.24, 2.45) is 0 Å². The molecule has 9 heteroatoms. The molecular formula is C15H20N4O4S. The molecule has 24 heavy (non-hydrogen) atoms. The van der Waals surface area contributed by atoms with Gasteiger partial charge in [-0.2, -0.15) is 0 Å². The molecule has 0 bridgehead atoms. The Bertz CT molecular complexity index is 750. The van der Waals surface area contributed by atoms with Crippen LogP contribution in [0.1, 0.15) is 12.8 Å². The van der Waals surface area contributed by atoms with Crippen LogP contribution in [0.25, 0.3) is 10.9 Å². The summed E-state index contributed by atoms with van der Waals surface area (Å²) in [6, 6.07) is 3.76. The second-order valence-corrected chi connectivity index (χ2v) is 6.28. The highest BCUT2D eigenvalue weighted by Gasteiger charge is 2.23. The van der Waals surface area contributed by atoms with E-state index in [0.717, 1.165) is 42.7 Å². The van der Waals surface area contributed by atoms with E-state index in [9.17, 15) is 4.21 Å². The minimum Gasteiger partial charge on any atom is -0.493 e. The molecule has 130 valence electrons. The summed E-state index contributed by atoms with van der Waals surface area (Å²) in [5.41, 5.74) is 0.786. The van der Waals surface area contributed by atoms with Gasteiger partial charge in [-0.3, -0.25) is 4.55 Å². The van der Waals surface area contributed by atoms with Gasteiger partial charge in [-0.05, 0) is 18.9 Å². The molecule has 1 aromatic heterocycles. The van der Waals surface area contributed by atoms with Gasteiger partial charge >= 0.3 is 0 Å². The van der Waals surface area contributed by atoms with Crippen molar-refractivity contribution < 1.29 is 18.2 Å². The maximum absolute atomic E-state index is 10.9. The number of nitrogens with one attached hydrogen (secondary N) is 1. The number of aromatic nitrogens is 2. The zero-order valence-electron chi connectivity index (χ0n) is 13.6. The monoisotopic (exact) mass is 352 g/mol. The van der Waals surface area contributed by atoms with Crippen LogP contribution in [-0.2, 0) is 11.3 Å². The molecule has 2 heterocycles. The molecule has 0 spiro atoms. The Labute approximate surface area is 142 Å². The molecule has 1 aromatic carbocycles. The number of hydrogen-bond acceptors (Lipinski definition) is 6. The lowest BCUT2D eigenvalue weighted by molar-refractivity contribution is 0.355. The maximum Gasteiger partial charge on any atom is 0.231 e. The first-order valence-electron chi connectivity index (χ1n) is 7.61. The van der Waals surface area contributed by atoms with E-state index in [1.54, 1.807) is 14.2 Å². The van der Waals surface area contributed by atoms with Crippen LogP contribution >= 0.6 is 0 Å². The number of anilines is 1. The van der Waals surface area contributed by atoms with Gasteiger partial charge in [0, 0.05) is 30.6 Å². The lowest BCUT2D eigenvalue weighted by Crippen LogP contribution is -2.43. The summed E-state index contributed by atoms with van der Waals surface area (Å²) in [4.78, 5) is 10.9. The van der Waals surface area contributed by atoms with Crippen molar-refractivity contribution in [3.05, 3.63) is 18.5 Å². The topological polar surface area (TPSA) is 96.8 Å². The van der Waals surface area contributed by atoms with Crippen LogP contribution in [0, 0.1) is 0 Å². The van der Waals surface area contributed by atoms with Gasteiger partial charge in [-0.15, -0.1) is 0 Å². The quantitative estimate of drug-likeness (QED) is 0.784. The average molecular weight is 352 g/mol. The van der Waals surface area contributed by atoms with Crippen LogP contribution in [0.4, 0.5) is 5.82 Å². The fourth-order valence-corrected chi connectivity index (χ4v) is 3.49. The van der Waals surface area contributed by atoms with Crippen LogP contribution in [0.15, 0.2) is 18.5 Å². The highest BCUT2D eigenvalue weighted by molar-refractivity contribution is 7.77. The summed E-state index contributed by atoms with van der Waals surface area (Å²) in [7, 11) is 3.19. The molecule has 1 saturated heterocycles. The minimum atomic E-state index is -1.97. The van der Waals surface area contributed by atoms with Crippen molar-refractivity contribution in [2.75, 3.05) is 32.2 Å². The summed E-state index contributed by atoms with van der Waals surface area (Å²) < 4.78 is 33.2. The van der Waals surface area contributed by atoms with E-state index in [2.05, 4.69) is 19.6 Å². The van der Waals surface area contributed by atoms with E-state index in [1.807, 2.05) is 12.1 Å². The van der Waals surface area contributed by atoms with Crippen molar-refractivity contribution in [1.29, 1.82) is 0 Å². The number of rotatable bonds is 5. The standard InChI is InChI=1S/C15H20N4O4S/c1-22-13-7-11-12(8-14(13)23-2)16-9-17-15(11)19-5-3-10(4-6-19)18-24(20)21/h7-10,18H,3-6H2,1-2H3,(H,20,21). The number of methoxy groups -OCH3 is 2. The summed E-state index contributed by atoms with van der Waals surface area (Å²) in [6.07, 6.45) is 3.08. The number of fused-ring (bicyclic) bond motifs is 1. The molecular weight excluding hydrogens is 332 g/mol. The number of benzene rings is 1. The number of ether oxygens (including phenoxy) is 2. The molecule has 2 N–H and O–H groups in total. The minimum absolute atomic E-state index is 0.0369. The number of piperidine rings is 1. The second kappa shape index (κ2) is 7.29. The first-order valence-corrected chi connectivity index (χ1v) is 8.71. The van der Waals surface area contributed by atoms with E-state index < -0.39 is 11.3 Å². The van der Waals surface area contributed by atoms with Crippen LogP contribution in [0.2, 0.25) is 0 Å². The average Bonchev–Trinajstić information content (AvgIpc) is 2.60. The predicted octanol–water partition coefficient (Wildman–Crippen LogP) is 1.34. The Morgan fingerprint density at radius 2 is 1.88 bits per heavy atom. The molecule has 0 aliphatic carbocycles. The van der Waals surface area contributed by atoms with Gasteiger partial charge in [0.1, 0.15) is 12.1 Å². The molecule has 1 fully saturated rings. The summed E-state index contributed by atoms with van der Waals surface area (Å²) in [5, 5.41) is 0.896. The van der Waals surface area contributed by atoms with Crippen LogP contribution in [0.3, 0.4) is 0 Å². The van der Waals surface area contributed by atoms with Crippen molar-refractivity contribution in [2.45, 2.75) is 18.9 Å². The predicted molar refractivity (Wildman–Crippen MR) is 91.8 cm³/mol. The molecule has 3 rings (SSSR count). The normalized spacial score (nSPS) is 17.0. The van der Waals surface area contributed by atoms with E-state index in [1.165, 1.54) is 6.33 Å². The Hall–Kier alpha value is -1.97. The molecule has 1 unspecified atom stereocenters. The van der Waals surface area contributed by atoms with Gasteiger partial charge in [0.15, 0.2) is 11.5 Å². The van der Waals surface area contributed by atoms with Gasteiger partial charge in [0.2, 0.25) is 11.3 Å². The van der Waals surface area contributed by atoms with Crippen LogP contribution in [0.5, 0.6) is 11.5 Å². The van der Waals surface area contributed by atoms with Crippen molar-refractivity contribution >= 4 is 28.0 Å². The molecule has 0 radical (unpaired) electrons. The second-order valence-electron chi connectivity index (χ2n) is 5.55. The Kier molecular flexibility index (Phi) is 5.12. The fourth-order valence-electron chi connectivity index (χ4n) is 2.97. The van der Waals surface area contributed by atoms with Crippen molar-refractivity contribution in [3.63, 3.8) is 0 Å². The van der Waals surface area contributed by atoms with Gasteiger partial charge in [-0.25, -0.2) is 18.9 Å². The molecule has 1 aliphatic heterocycles. The Morgan fingerprint density at radius 1 is 1.21 bits per heavy atom. The molecule has 0 saturated carbocycles. The number of hydrogen-bond donors (Lipinski definition) is 2. The smallest absolute Gasteiger partial charge is 0.231 e. The van der Waals surface area contributed by atoms with Gasteiger partial charge in [0.25, 0.3) is 0 Å². The molecule has 1 aliphatic rings. The fraction of sp³-hybridized carbons (Fsp3) is 0.467. The third kappa shape index (κ3) is 3.42. The Balaban J connectivity index is 1.89. The molecule has 8 nitrogen and oxygen atoms in total. The van der Waals surface area contributed by atoms with Crippen molar-refractivity contribution in [3.8, 4) is 11.5 Å². The first-order chi connectivity index (χ1) is 11.6. The zero-order valence-corrected chi connectivity index (χ0v) is 14.4. The van der Waals surface area contributed by atoms with Crippen molar-refractivity contribution in [1.82, 2.24) is 14.7 Å². The van der Waals surface area contributed by atoms with Crippen LogP contribution in [-0.4, -0.2) is 52.1 Å². The third-order valence-electron chi connectivity index (χ3n) is 4.18. The largest absolute Gasteiger partial charge is 0.493 e. The van der Waals surface area contributed by atoms with E-state index in [0.29, 0.717) is 11.5 Å². The van der Waals surface area contributed by atoms with E-state index in [4.69, 9.17) is 14.0 Å². The van der Waals surface area contributed by atoms with Gasteiger partial charge in [-0.1, -0.05) is 0 Å². The molecule has 1 atom stereocenters. The maximum atomic E-state index is 10.9. The third-order valence-corrected chi connectivity index (χ3v) is 4.72. The van der Waals surface area contributed by atoms with E-state index >= 15 is 0 Å². The van der Waals surface area contributed by atoms with Crippen LogP contribution < -0.4 is 19.1 Å². The highest BCUT2D eigenvalue weighted by Crippen LogP contribution is 2.35. The summed E-state index contributed by atoms with van der Waals surface area (Å²) in [6.45, 7) is 1.49. The highest BCUT2D eigenvalue weighted by atomic mass is 32.2. The Morgan fingerprint density at radius 3 is 2.50 bits per heavy atom. The van der Waals surface area contributed by atoms with Gasteiger partial charge < -0.3 is 14.4 Å². The first kappa shape index (κ1) is 16.9. The zero-order chi connectivity index (χ0) is 17.1. The van der Waals surface area contributed by atoms with Gasteiger partial charge in [0.05, 0.1) is 19.7 Å². The van der Waals surface area contributed by atoms with E-state index in [-0.39, 0.29) is 6.04 Å². The number of nitrogens with zero attached hydrogens (tertiary/aromatic N) is 3. The lowest BCUT2D eigenvalue weighted by atomic mass is 10.1. The lowest BCUT2D eigenvalue weighted by Gasteiger charge is -2.33. The molecule has 0 amide bonds. The summed E-state index contributed by atoms with van der Waals surface area (Å²) in [5.74, 6) is 2.10. The molecule has 2 aromatic rings. The SMILES string of the molecule is COc1cc2ncnc(N3CCC(NS(=O)O)CC3)c2cc1OC.